The lowest BCUT2D eigenvalue weighted by atomic mass is 9.96. The topological polar surface area (TPSA) is 84.5 Å². The summed E-state index contributed by atoms with van der Waals surface area (Å²) < 4.78 is 3.57. The Kier molecular flexibility index (Phi) is 4.75. The molecule has 152 valence electrons. The molecule has 0 N–H and O–H groups in total. The van der Waals surface area contributed by atoms with Gasteiger partial charge in [-0.25, -0.2) is 4.98 Å². The predicted molar refractivity (Wildman–Crippen MR) is 109 cm³/mol. The Labute approximate surface area is 169 Å². The minimum absolute atomic E-state index is 0.0142. The maximum absolute atomic E-state index is 11.8. The third kappa shape index (κ3) is 3.50. The first-order valence-electron chi connectivity index (χ1n) is 10.4. The molecule has 0 aromatic carbocycles. The van der Waals surface area contributed by atoms with Crippen molar-refractivity contribution in [1.29, 1.82) is 0 Å². The van der Waals surface area contributed by atoms with Crippen molar-refractivity contribution in [2.45, 2.75) is 38.1 Å². The zero-order valence-corrected chi connectivity index (χ0v) is 16.7. The van der Waals surface area contributed by atoms with Gasteiger partial charge in [-0.05, 0) is 50.9 Å². The second kappa shape index (κ2) is 7.55. The zero-order chi connectivity index (χ0) is 19.8. The predicted octanol–water partition coefficient (Wildman–Crippen LogP) is 1.20. The summed E-state index contributed by atoms with van der Waals surface area (Å²) in [5, 5.41) is 13.7. The summed E-state index contributed by atoms with van der Waals surface area (Å²) in [7, 11) is 1.78. The molecule has 2 aliphatic heterocycles. The van der Waals surface area contributed by atoms with E-state index in [-0.39, 0.29) is 5.56 Å². The Morgan fingerprint density at radius 1 is 1.03 bits per heavy atom. The summed E-state index contributed by atoms with van der Waals surface area (Å²) in [4.78, 5) is 20.9. The summed E-state index contributed by atoms with van der Waals surface area (Å²) in [5.74, 6) is 3.13. The molecule has 9 nitrogen and oxygen atoms in total. The van der Waals surface area contributed by atoms with Crippen molar-refractivity contribution in [3.8, 4) is 0 Å². The molecule has 3 aromatic rings. The molecular weight excluding hydrogens is 368 g/mol. The Bertz CT molecular complexity index is 1060. The zero-order valence-electron chi connectivity index (χ0n) is 16.7. The van der Waals surface area contributed by atoms with Crippen LogP contribution in [0, 0.1) is 0 Å². The van der Waals surface area contributed by atoms with Crippen LogP contribution in [0.3, 0.4) is 0 Å². The number of hydrogen-bond donors (Lipinski definition) is 0. The molecule has 5 heterocycles. The van der Waals surface area contributed by atoms with Gasteiger partial charge in [-0.3, -0.25) is 14.3 Å². The molecular formula is C20H26N8O. The molecule has 0 spiro atoms. The summed E-state index contributed by atoms with van der Waals surface area (Å²) in [6.07, 6.45) is 6.05. The largest absolute Gasteiger partial charge is 0.355 e. The third-order valence-electron chi connectivity index (χ3n) is 6.18. The van der Waals surface area contributed by atoms with Crippen molar-refractivity contribution in [1.82, 2.24) is 34.3 Å². The van der Waals surface area contributed by atoms with Crippen LogP contribution in [0.2, 0.25) is 0 Å². The average molecular weight is 394 g/mol. The molecule has 3 aromatic heterocycles. The number of aromatic nitrogens is 6. The van der Waals surface area contributed by atoms with Gasteiger partial charge < -0.3 is 4.90 Å². The Morgan fingerprint density at radius 2 is 1.83 bits per heavy atom. The SMILES string of the molecule is Cn1c(CN2CCC(c3nnc4ccc(N5CCCC5)nn34)CC2)nccc1=O. The normalized spacial score (nSPS) is 18.7. The van der Waals surface area contributed by atoms with Crippen LogP contribution in [0.25, 0.3) is 5.65 Å². The maximum atomic E-state index is 11.8. The van der Waals surface area contributed by atoms with E-state index in [9.17, 15) is 4.79 Å². The monoisotopic (exact) mass is 394 g/mol. The number of nitrogens with zero attached hydrogens (tertiary/aromatic N) is 8. The first-order chi connectivity index (χ1) is 14.2. The van der Waals surface area contributed by atoms with E-state index in [1.807, 2.05) is 10.6 Å². The fourth-order valence-corrected chi connectivity index (χ4v) is 4.37. The molecule has 0 saturated carbocycles. The van der Waals surface area contributed by atoms with Gasteiger partial charge in [0.1, 0.15) is 11.6 Å². The van der Waals surface area contributed by atoms with Gasteiger partial charge in [0, 0.05) is 38.3 Å². The molecule has 0 atom stereocenters. The van der Waals surface area contributed by atoms with E-state index in [1.165, 1.54) is 18.9 Å². The molecule has 0 amide bonds. The van der Waals surface area contributed by atoms with Crippen molar-refractivity contribution in [3.05, 3.63) is 46.4 Å². The van der Waals surface area contributed by atoms with Gasteiger partial charge in [0.2, 0.25) is 0 Å². The van der Waals surface area contributed by atoms with Crippen molar-refractivity contribution in [3.63, 3.8) is 0 Å². The van der Waals surface area contributed by atoms with Crippen LogP contribution in [0.4, 0.5) is 5.82 Å². The molecule has 0 unspecified atom stereocenters. The van der Waals surface area contributed by atoms with Crippen LogP contribution < -0.4 is 10.5 Å². The van der Waals surface area contributed by atoms with Crippen LogP contribution in [-0.2, 0) is 13.6 Å². The van der Waals surface area contributed by atoms with Gasteiger partial charge in [0.05, 0.1) is 6.54 Å². The highest BCUT2D eigenvalue weighted by molar-refractivity contribution is 5.46. The van der Waals surface area contributed by atoms with Crippen LogP contribution in [0.1, 0.15) is 43.3 Å². The third-order valence-corrected chi connectivity index (χ3v) is 6.18. The fourth-order valence-electron chi connectivity index (χ4n) is 4.37. The van der Waals surface area contributed by atoms with Crippen LogP contribution >= 0.6 is 0 Å². The quantitative estimate of drug-likeness (QED) is 0.657. The molecule has 29 heavy (non-hydrogen) atoms. The van der Waals surface area contributed by atoms with E-state index in [0.717, 1.165) is 62.1 Å². The lowest BCUT2D eigenvalue weighted by Gasteiger charge is -2.31. The van der Waals surface area contributed by atoms with Gasteiger partial charge >= 0.3 is 0 Å². The van der Waals surface area contributed by atoms with E-state index in [2.05, 4.69) is 31.0 Å². The molecule has 2 fully saturated rings. The molecule has 0 radical (unpaired) electrons. The van der Waals surface area contributed by atoms with Crippen molar-refractivity contribution >= 4 is 11.5 Å². The number of piperidine rings is 1. The lowest BCUT2D eigenvalue weighted by Crippen LogP contribution is -2.35. The van der Waals surface area contributed by atoms with Crippen LogP contribution in [0.5, 0.6) is 0 Å². The van der Waals surface area contributed by atoms with Crippen LogP contribution in [-0.4, -0.2) is 60.4 Å². The molecule has 9 heteroatoms. The Hall–Kier alpha value is -2.81. The van der Waals surface area contributed by atoms with Gasteiger partial charge in [0.25, 0.3) is 5.56 Å². The Balaban J connectivity index is 1.30. The maximum Gasteiger partial charge on any atom is 0.253 e. The first kappa shape index (κ1) is 18.2. The Morgan fingerprint density at radius 3 is 2.62 bits per heavy atom. The van der Waals surface area contributed by atoms with Gasteiger partial charge in [0.15, 0.2) is 11.5 Å². The van der Waals surface area contributed by atoms with Gasteiger partial charge in [-0.1, -0.05) is 0 Å². The van der Waals surface area contributed by atoms with Crippen LogP contribution in [0.15, 0.2) is 29.2 Å². The lowest BCUT2D eigenvalue weighted by molar-refractivity contribution is 0.194. The van der Waals surface area contributed by atoms with Crippen molar-refractivity contribution < 1.29 is 0 Å². The number of rotatable bonds is 4. The fraction of sp³-hybridized carbons (Fsp3) is 0.550. The van der Waals surface area contributed by atoms with Crippen molar-refractivity contribution in [2.75, 3.05) is 31.1 Å². The standard InChI is InChI=1S/C20H26N8O/c1-25-18(21-9-6-19(25)29)14-26-12-7-15(8-13-26)20-23-22-16-4-5-17(24-28(16)20)27-10-2-3-11-27/h4-6,9,15H,2-3,7-8,10-14H2,1H3. The van der Waals surface area contributed by atoms with E-state index >= 15 is 0 Å². The number of anilines is 1. The van der Waals surface area contributed by atoms with E-state index in [0.29, 0.717) is 12.5 Å². The summed E-state index contributed by atoms with van der Waals surface area (Å²) in [6.45, 7) is 4.72. The van der Waals surface area contributed by atoms with Gasteiger partial charge in [-0.15, -0.1) is 15.3 Å². The second-order valence-corrected chi connectivity index (χ2v) is 8.02. The molecule has 5 rings (SSSR count). The van der Waals surface area contributed by atoms with E-state index in [4.69, 9.17) is 5.10 Å². The minimum atomic E-state index is -0.0142. The highest BCUT2D eigenvalue weighted by Gasteiger charge is 2.26. The molecule has 0 bridgehead atoms. The van der Waals surface area contributed by atoms with Gasteiger partial charge in [-0.2, -0.15) is 4.52 Å². The smallest absolute Gasteiger partial charge is 0.253 e. The number of likely N-dealkylation sites (tertiary alicyclic amines) is 1. The molecule has 2 saturated heterocycles. The number of fused-ring (bicyclic) bond motifs is 1. The first-order valence-corrected chi connectivity index (χ1v) is 10.4. The summed E-state index contributed by atoms with van der Waals surface area (Å²) in [6, 6.07) is 5.57. The van der Waals surface area contributed by atoms with E-state index in [1.54, 1.807) is 17.8 Å². The summed E-state index contributed by atoms with van der Waals surface area (Å²) in [5.41, 5.74) is 0.800. The molecule has 0 aliphatic carbocycles. The highest BCUT2D eigenvalue weighted by Crippen LogP contribution is 2.28. The number of hydrogen-bond acceptors (Lipinski definition) is 7. The van der Waals surface area contributed by atoms with Crippen molar-refractivity contribution in [2.24, 2.45) is 7.05 Å². The van der Waals surface area contributed by atoms with E-state index < -0.39 is 0 Å². The highest BCUT2D eigenvalue weighted by atomic mass is 16.1. The molecule has 2 aliphatic rings. The second-order valence-electron chi connectivity index (χ2n) is 8.02. The average Bonchev–Trinajstić information content (AvgIpc) is 3.42. The summed E-state index contributed by atoms with van der Waals surface area (Å²) >= 11 is 0. The minimum Gasteiger partial charge on any atom is -0.355 e.